The van der Waals surface area contributed by atoms with E-state index in [1.807, 2.05) is 18.2 Å². The molecule has 3 aromatic rings. The van der Waals surface area contributed by atoms with E-state index in [1.165, 1.54) is 19.1 Å². The molecule has 192 valence electrons. The lowest BCUT2D eigenvalue weighted by molar-refractivity contribution is -0.140. The molecule has 0 spiro atoms. The molecule has 1 aliphatic rings. The molecule has 1 unspecified atom stereocenters. The smallest absolute Gasteiger partial charge is 0.295 e. The van der Waals surface area contributed by atoms with Gasteiger partial charge in [-0.3, -0.25) is 14.6 Å². The molecule has 1 N–H and O–H groups in total. The van der Waals surface area contributed by atoms with Crippen molar-refractivity contribution in [1.82, 2.24) is 9.88 Å². The number of amides is 1. The average molecular weight is 503 g/mol. The minimum Gasteiger partial charge on any atom is -0.507 e. The molecule has 2 heterocycles. The zero-order valence-electron chi connectivity index (χ0n) is 21.3. The van der Waals surface area contributed by atoms with Gasteiger partial charge in [-0.1, -0.05) is 26.0 Å². The third kappa shape index (κ3) is 5.43. The molecular formula is C29H30N2O6. The van der Waals surface area contributed by atoms with E-state index in [4.69, 9.17) is 14.2 Å². The van der Waals surface area contributed by atoms with Crippen LogP contribution in [0.15, 0.2) is 72.6 Å². The van der Waals surface area contributed by atoms with Crippen molar-refractivity contribution in [2.75, 3.05) is 20.8 Å². The quantitative estimate of drug-likeness (QED) is 0.256. The van der Waals surface area contributed by atoms with Gasteiger partial charge < -0.3 is 24.2 Å². The summed E-state index contributed by atoms with van der Waals surface area (Å²) in [5.74, 6) is 0.0482. The molecule has 1 saturated heterocycles. The normalized spacial score (nSPS) is 16.8. The fourth-order valence-electron chi connectivity index (χ4n) is 4.25. The van der Waals surface area contributed by atoms with E-state index in [2.05, 4.69) is 18.8 Å². The van der Waals surface area contributed by atoms with Gasteiger partial charge in [-0.2, -0.15) is 0 Å². The Labute approximate surface area is 216 Å². The van der Waals surface area contributed by atoms with E-state index >= 15 is 0 Å². The summed E-state index contributed by atoms with van der Waals surface area (Å²) < 4.78 is 16.6. The van der Waals surface area contributed by atoms with E-state index in [0.29, 0.717) is 40.9 Å². The molecule has 8 heteroatoms. The summed E-state index contributed by atoms with van der Waals surface area (Å²) in [6, 6.07) is 14.8. The maximum Gasteiger partial charge on any atom is 0.295 e. The summed E-state index contributed by atoms with van der Waals surface area (Å²) >= 11 is 0. The molecule has 0 saturated carbocycles. The Bertz CT molecular complexity index is 1320. The van der Waals surface area contributed by atoms with Crippen LogP contribution in [0.1, 0.15) is 36.6 Å². The van der Waals surface area contributed by atoms with Gasteiger partial charge >= 0.3 is 0 Å². The van der Waals surface area contributed by atoms with Crippen molar-refractivity contribution < 1.29 is 28.9 Å². The fourth-order valence-corrected chi connectivity index (χ4v) is 4.25. The van der Waals surface area contributed by atoms with Crippen LogP contribution >= 0.6 is 0 Å². The second-order valence-corrected chi connectivity index (χ2v) is 9.13. The van der Waals surface area contributed by atoms with Gasteiger partial charge in [-0.15, -0.1) is 0 Å². The third-order valence-electron chi connectivity index (χ3n) is 6.06. The van der Waals surface area contributed by atoms with E-state index in [1.54, 1.807) is 48.8 Å². The van der Waals surface area contributed by atoms with Crippen molar-refractivity contribution in [3.05, 3.63) is 89.3 Å². The molecule has 0 radical (unpaired) electrons. The van der Waals surface area contributed by atoms with Crippen LogP contribution in [0.25, 0.3) is 5.76 Å². The highest BCUT2D eigenvalue weighted by atomic mass is 16.5. The number of ether oxygens (including phenoxy) is 3. The highest BCUT2D eigenvalue weighted by Crippen LogP contribution is 2.42. The molecule has 1 aromatic heterocycles. The summed E-state index contributed by atoms with van der Waals surface area (Å²) in [6.07, 6.45) is 3.26. The van der Waals surface area contributed by atoms with Gasteiger partial charge in [0.15, 0.2) is 11.5 Å². The second kappa shape index (κ2) is 11.2. The lowest BCUT2D eigenvalue weighted by atomic mass is 9.95. The van der Waals surface area contributed by atoms with Crippen LogP contribution in [0, 0.1) is 5.92 Å². The van der Waals surface area contributed by atoms with Crippen LogP contribution in [0.3, 0.4) is 0 Å². The monoisotopic (exact) mass is 502 g/mol. The lowest BCUT2D eigenvalue weighted by Gasteiger charge is -2.26. The number of likely N-dealkylation sites (tertiary alicyclic amines) is 1. The molecular weight excluding hydrogens is 472 g/mol. The largest absolute Gasteiger partial charge is 0.507 e. The van der Waals surface area contributed by atoms with E-state index in [9.17, 15) is 14.7 Å². The van der Waals surface area contributed by atoms with Gasteiger partial charge in [-0.05, 0) is 59.5 Å². The molecule has 1 atom stereocenters. The minimum absolute atomic E-state index is 0.00714. The zero-order valence-corrected chi connectivity index (χ0v) is 21.3. The van der Waals surface area contributed by atoms with Gasteiger partial charge in [0, 0.05) is 24.5 Å². The molecule has 37 heavy (non-hydrogen) atoms. The number of methoxy groups -OCH3 is 2. The average Bonchev–Trinajstić information content (AvgIpc) is 3.16. The number of carbonyl (C=O) groups excluding carboxylic acids is 2. The molecule has 1 fully saturated rings. The molecule has 8 nitrogen and oxygen atoms in total. The highest BCUT2D eigenvalue weighted by molar-refractivity contribution is 6.46. The first-order valence-corrected chi connectivity index (χ1v) is 12.0. The van der Waals surface area contributed by atoms with Gasteiger partial charge in [0.1, 0.15) is 11.5 Å². The van der Waals surface area contributed by atoms with Crippen LogP contribution in [0.5, 0.6) is 17.2 Å². The Morgan fingerprint density at radius 2 is 1.73 bits per heavy atom. The van der Waals surface area contributed by atoms with Crippen LogP contribution in [0.2, 0.25) is 0 Å². The topological polar surface area (TPSA) is 98.2 Å². The number of Topliss-reactive ketones (excluding diaryl/α,β-unsaturated/α-hetero) is 1. The number of ketones is 1. The number of aromatic nitrogens is 1. The molecule has 4 rings (SSSR count). The van der Waals surface area contributed by atoms with Crippen molar-refractivity contribution in [2.45, 2.75) is 26.4 Å². The summed E-state index contributed by atoms with van der Waals surface area (Å²) in [5, 5.41) is 11.4. The van der Waals surface area contributed by atoms with E-state index < -0.39 is 17.7 Å². The molecule has 0 bridgehead atoms. The second-order valence-electron chi connectivity index (χ2n) is 9.13. The highest BCUT2D eigenvalue weighted by Gasteiger charge is 2.46. The first-order chi connectivity index (χ1) is 17.8. The number of hydrogen-bond donors (Lipinski definition) is 1. The Balaban J connectivity index is 1.85. The summed E-state index contributed by atoms with van der Waals surface area (Å²) in [6.45, 7) is 4.79. The number of pyridine rings is 1. The SMILES string of the molecule is COc1ccc(/C(O)=C2\C(=O)C(=O)N(Cc3ccncc3)C2c2cccc(OCC(C)C)c2)cc1OC. The molecule has 0 aliphatic carbocycles. The number of aliphatic hydroxyl groups excluding tert-OH is 1. The van der Waals surface area contributed by atoms with Crippen LogP contribution < -0.4 is 14.2 Å². The number of carbonyl (C=O) groups is 2. The van der Waals surface area contributed by atoms with Crippen molar-refractivity contribution in [2.24, 2.45) is 5.92 Å². The summed E-state index contributed by atoms with van der Waals surface area (Å²) in [4.78, 5) is 32.2. The van der Waals surface area contributed by atoms with Crippen LogP contribution in [0.4, 0.5) is 0 Å². The fraction of sp³-hybridized carbons (Fsp3) is 0.276. The molecule has 1 aliphatic heterocycles. The van der Waals surface area contributed by atoms with Gasteiger partial charge in [0.05, 0.1) is 32.4 Å². The van der Waals surface area contributed by atoms with Crippen molar-refractivity contribution in [3.8, 4) is 17.2 Å². The Kier molecular flexibility index (Phi) is 7.77. The summed E-state index contributed by atoms with van der Waals surface area (Å²) in [5.41, 5.74) is 1.78. The Morgan fingerprint density at radius 1 is 1.00 bits per heavy atom. The maximum absolute atomic E-state index is 13.4. The number of nitrogens with zero attached hydrogens (tertiary/aromatic N) is 2. The third-order valence-corrected chi connectivity index (χ3v) is 6.06. The zero-order chi connectivity index (χ0) is 26.5. The maximum atomic E-state index is 13.4. The number of rotatable bonds is 9. The lowest BCUT2D eigenvalue weighted by Crippen LogP contribution is -2.29. The van der Waals surface area contributed by atoms with Gasteiger partial charge in [0.25, 0.3) is 11.7 Å². The Hall–Kier alpha value is -4.33. The minimum atomic E-state index is -0.830. The molecule has 2 aromatic carbocycles. The van der Waals surface area contributed by atoms with Gasteiger partial charge in [-0.25, -0.2) is 0 Å². The molecule has 1 amide bonds. The first kappa shape index (κ1) is 25.8. The number of aliphatic hydroxyl groups is 1. The van der Waals surface area contributed by atoms with Crippen LogP contribution in [-0.4, -0.2) is 47.5 Å². The predicted molar refractivity (Wildman–Crippen MR) is 138 cm³/mol. The summed E-state index contributed by atoms with van der Waals surface area (Å²) in [7, 11) is 2.99. The van der Waals surface area contributed by atoms with Crippen molar-refractivity contribution in [1.29, 1.82) is 0 Å². The van der Waals surface area contributed by atoms with Gasteiger partial charge in [0.2, 0.25) is 0 Å². The predicted octanol–water partition coefficient (Wildman–Crippen LogP) is 4.76. The first-order valence-electron chi connectivity index (χ1n) is 12.0. The van der Waals surface area contributed by atoms with Crippen molar-refractivity contribution >= 4 is 17.4 Å². The number of benzene rings is 2. The van der Waals surface area contributed by atoms with E-state index in [0.717, 1.165) is 5.56 Å². The standard InChI is InChI=1S/C29H30N2O6/c1-18(2)17-37-22-7-5-6-20(14-22)26-25(27(32)21-8-9-23(35-3)24(15-21)36-4)28(33)29(34)31(26)16-19-10-12-30-13-11-19/h5-15,18,26,32H,16-17H2,1-4H3/b27-25+. The van der Waals surface area contributed by atoms with Crippen molar-refractivity contribution in [3.63, 3.8) is 0 Å². The number of hydrogen-bond acceptors (Lipinski definition) is 7. The van der Waals surface area contributed by atoms with Crippen LogP contribution in [-0.2, 0) is 16.1 Å². The van der Waals surface area contributed by atoms with E-state index in [-0.39, 0.29) is 17.9 Å². The Morgan fingerprint density at radius 3 is 2.41 bits per heavy atom.